The zero-order valence-corrected chi connectivity index (χ0v) is 14.0. The lowest BCUT2D eigenvalue weighted by Gasteiger charge is -2.15. The van der Waals surface area contributed by atoms with Gasteiger partial charge in [0.1, 0.15) is 6.10 Å². The van der Waals surface area contributed by atoms with Crippen LogP contribution < -0.4 is 0 Å². The van der Waals surface area contributed by atoms with Crippen LogP contribution >= 0.6 is 0 Å². The summed E-state index contributed by atoms with van der Waals surface area (Å²) in [5.74, 6) is 0.0241. The number of ether oxygens (including phenoxy) is 2. The van der Waals surface area contributed by atoms with Gasteiger partial charge in [-0.15, -0.1) is 0 Å². The van der Waals surface area contributed by atoms with Gasteiger partial charge in [-0.25, -0.2) is 4.79 Å². The quantitative estimate of drug-likeness (QED) is 0.384. The Balaban J connectivity index is 2.03. The van der Waals surface area contributed by atoms with Crippen molar-refractivity contribution in [1.29, 1.82) is 0 Å². The summed E-state index contributed by atoms with van der Waals surface area (Å²) in [6, 6.07) is 10.3. The molecule has 3 nitrogen and oxygen atoms in total. The second-order valence-electron chi connectivity index (χ2n) is 6.16. The van der Waals surface area contributed by atoms with Crippen molar-refractivity contribution >= 4 is 5.97 Å². The van der Waals surface area contributed by atoms with Crippen LogP contribution in [0, 0.1) is 0 Å². The lowest BCUT2D eigenvalue weighted by atomic mass is 9.87. The SMILES string of the molecule is CCCCCC[C@]1(C(=O)OCC)O[C@@H]1C(C)c1ccccc1. The van der Waals surface area contributed by atoms with E-state index in [2.05, 4.69) is 26.0 Å². The minimum atomic E-state index is -0.709. The zero-order valence-electron chi connectivity index (χ0n) is 14.0. The van der Waals surface area contributed by atoms with E-state index >= 15 is 0 Å². The maximum Gasteiger partial charge on any atom is 0.341 e. The Bertz CT molecular complexity index is 471. The molecule has 0 saturated carbocycles. The Morgan fingerprint density at radius 2 is 1.95 bits per heavy atom. The third-order valence-electron chi connectivity index (χ3n) is 4.54. The zero-order chi connectivity index (χ0) is 16.0. The van der Waals surface area contributed by atoms with E-state index in [1.807, 2.05) is 25.1 Å². The van der Waals surface area contributed by atoms with Crippen molar-refractivity contribution in [3.63, 3.8) is 0 Å². The molecule has 1 aliphatic rings. The van der Waals surface area contributed by atoms with Gasteiger partial charge in [0.25, 0.3) is 0 Å². The van der Waals surface area contributed by atoms with Gasteiger partial charge in [-0.1, -0.05) is 63.4 Å². The predicted octanol–water partition coefficient (Wildman–Crippen LogP) is 4.46. The number of carbonyl (C=O) groups is 1. The van der Waals surface area contributed by atoms with Crippen LogP contribution in [-0.4, -0.2) is 24.3 Å². The number of esters is 1. The van der Waals surface area contributed by atoms with Crippen molar-refractivity contribution in [2.45, 2.75) is 70.5 Å². The van der Waals surface area contributed by atoms with Gasteiger partial charge in [-0.3, -0.25) is 0 Å². The number of benzene rings is 1. The number of unbranched alkanes of at least 4 members (excludes halogenated alkanes) is 3. The molecule has 0 bridgehead atoms. The fraction of sp³-hybridized carbons (Fsp3) is 0.632. The molecule has 22 heavy (non-hydrogen) atoms. The molecular formula is C19H28O3. The molecule has 3 heteroatoms. The lowest BCUT2D eigenvalue weighted by Crippen LogP contribution is -2.31. The number of rotatable bonds is 9. The van der Waals surface area contributed by atoms with E-state index < -0.39 is 5.60 Å². The van der Waals surface area contributed by atoms with Crippen LogP contribution in [0.4, 0.5) is 0 Å². The van der Waals surface area contributed by atoms with E-state index in [4.69, 9.17) is 9.47 Å². The Morgan fingerprint density at radius 1 is 1.23 bits per heavy atom. The summed E-state index contributed by atoms with van der Waals surface area (Å²) < 4.78 is 11.2. The first kappa shape index (κ1) is 17.0. The van der Waals surface area contributed by atoms with E-state index in [0.29, 0.717) is 6.61 Å². The molecule has 0 amide bonds. The molecule has 1 heterocycles. The van der Waals surface area contributed by atoms with Crippen LogP contribution in [0.1, 0.15) is 64.4 Å². The maximum atomic E-state index is 12.4. The minimum Gasteiger partial charge on any atom is -0.464 e. The van der Waals surface area contributed by atoms with Gasteiger partial charge in [-0.05, 0) is 25.3 Å². The van der Waals surface area contributed by atoms with Crippen molar-refractivity contribution in [3.8, 4) is 0 Å². The average molecular weight is 304 g/mol. The van der Waals surface area contributed by atoms with Crippen LogP contribution in [0.25, 0.3) is 0 Å². The molecule has 1 saturated heterocycles. The standard InChI is InChI=1S/C19H28O3/c1-4-6-7-11-14-19(18(20)21-5-2)17(22-19)15(3)16-12-9-8-10-13-16/h8-10,12-13,15,17H,4-7,11,14H2,1-3H3/t15?,17-,19+/m1/s1. The molecule has 0 spiro atoms. The Morgan fingerprint density at radius 3 is 2.59 bits per heavy atom. The fourth-order valence-corrected chi connectivity index (χ4v) is 3.17. The molecule has 0 radical (unpaired) electrons. The first-order valence-corrected chi connectivity index (χ1v) is 8.55. The van der Waals surface area contributed by atoms with E-state index in [0.717, 1.165) is 19.3 Å². The highest BCUT2D eigenvalue weighted by Crippen LogP contribution is 2.49. The molecule has 122 valence electrons. The van der Waals surface area contributed by atoms with Crippen LogP contribution in [0.15, 0.2) is 30.3 Å². The maximum absolute atomic E-state index is 12.4. The van der Waals surface area contributed by atoms with Crippen molar-refractivity contribution in [2.24, 2.45) is 0 Å². The van der Waals surface area contributed by atoms with Gasteiger partial charge in [0.15, 0.2) is 5.60 Å². The summed E-state index contributed by atoms with van der Waals surface area (Å²) >= 11 is 0. The van der Waals surface area contributed by atoms with E-state index in [1.165, 1.54) is 18.4 Å². The number of epoxide rings is 1. The smallest absolute Gasteiger partial charge is 0.341 e. The number of hydrogen-bond acceptors (Lipinski definition) is 3. The van der Waals surface area contributed by atoms with Crippen molar-refractivity contribution in [3.05, 3.63) is 35.9 Å². The Labute approximate surface area is 134 Å². The van der Waals surface area contributed by atoms with Crippen LogP contribution in [0.5, 0.6) is 0 Å². The van der Waals surface area contributed by atoms with Crippen LogP contribution in [0.3, 0.4) is 0 Å². The largest absolute Gasteiger partial charge is 0.464 e. The highest BCUT2D eigenvalue weighted by Gasteiger charge is 2.64. The topological polar surface area (TPSA) is 38.8 Å². The summed E-state index contributed by atoms with van der Waals surface area (Å²) in [7, 11) is 0. The first-order valence-electron chi connectivity index (χ1n) is 8.55. The number of carbonyl (C=O) groups excluding carboxylic acids is 1. The molecule has 0 aromatic heterocycles. The molecular weight excluding hydrogens is 276 g/mol. The molecule has 1 unspecified atom stereocenters. The third-order valence-corrected chi connectivity index (χ3v) is 4.54. The molecule has 1 fully saturated rings. The molecule has 2 rings (SSSR count). The highest BCUT2D eigenvalue weighted by molar-refractivity contribution is 5.83. The van der Waals surface area contributed by atoms with E-state index in [-0.39, 0.29) is 18.0 Å². The Kier molecular flexibility index (Phi) is 6.01. The second-order valence-corrected chi connectivity index (χ2v) is 6.16. The summed E-state index contributed by atoms with van der Waals surface area (Å²) in [4.78, 5) is 12.4. The van der Waals surface area contributed by atoms with Gasteiger partial charge < -0.3 is 9.47 Å². The van der Waals surface area contributed by atoms with Gasteiger partial charge >= 0.3 is 5.97 Å². The summed E-state index contributed by atoms with van der Waals surface area (Å²) in [6.45, 7) is 6.58. The predicted molar refractivity (Wildman–Crippen MR) is 87.9 cm³/mol. The van der Waals surface area contributed by atoms with Crippen LogP contribution in [0.2, 0.25) is 0 Å². The van der Waals surface area contributed by atoms with Crippen molar-refractivity contribution in [2.75, 3.05) is 6.61 Å². The Hall–Kier alpha value is -1.35. The summed E-state index contributed by atoms with van der Waals surface area (Å²) in [5.41, 5.74) is 0.506. The molecule has 0 aliphatic carbocycles. The van der Waals surface area contributed by atoms with Gasteiger partial charge in [0.05, 0.1) is 6.61 Å². The van der Waals surface area contributed by atoms with Crippen LogP contribution in [-0.2, 0) is 14.3 Å². The fourth-order valence-electron chi connectivity index (χ4n) is 3.17. The molecule has 1 aromatic carbocycles. The monoisotopic (exact) mass is 304 g/mol. The molecule has 1 aromatic rings. The summed E-state index contributed by atoms with van der Waals surface area (Å²) in [6.07, 6.45) is 5.27. The minimum absolute atomic E-state index is 0.0597. The van der Waals surface area contributed by atoms with Gasteiger partial charge in [0, 0.05) is 5.92 Å². The van der Waals surface area contributed by atoms with E-state index in [9.17, 15) is 4.79 Å². The molecule has 0 N–H and O–H groups in total. The molecule has 3 atom stereocenters. The van der Waals surface area contributed by atoms with Gasteiger partial charge in [0.2, 0.25) is 0 Å². The second kappa shape index (κ2) is 7.77. The highest BCUT2D eigenvalue weighted by atomic mass is 16.7. The number of hydrogen-bond donors (Lipinski definition) is 0. The van der Waals surface area contributed by atoms with Gasteiger partial charge in [-0.2, -0.15) is 0 Å². The molecule has 1 aliphatic heterocycles. The van der Waals surface area contributed by atoms with Crippen molar-refractivity contribution < 1.29 is 14.3 Å². The van der Waals surface area contributed by atoms with Crippen molar-refractivity contribution in [1.82, 2.24) is 0 Å². The lowest BCUT2D eigenvalue weighted by molar-refractivity contribution is -0.149. The first-order chi connectivity index (χ1) is 10.7. The average Bonchev–Trinajstić information content (AvgIpc) is 3.28. The summed E-state index contributed by atoms with van der Waals surface area (Å²) in [5, 5.41) is 0. The third kappa shape index (κ3) is 3.70. The normalized spacial score (nSPS) is 24.8. The van der Waals surface area contributed by atoms with E-state index in [1.54, 1.807) is 0 Å².